The number of carboxylic acid groups (broad SMARTS) is 1. The van der Waals surface area contributed by atoms with Crippen LogP contribution in [0, 0.1) is 5.92 Å². The first-order valence-corrected chi connectivity index (χ1v) is 10.7. The molecule has 0 aliphatic carbocycles. The number of aliphatic carboxylic acids is 1. The van der Waals surface area contributed by atoms with Crippen LogP contribution >= 0.6 is 0 Å². The van der Waals surface area contributed by atoms with E-state index >= 15 is 0 Å². The Bertz CT molecular complexity index is 722. The Morgan fingerprint density at radius 2 is 1.58 bits per heavy atom. The lowest BCUT2D eigenvalue weighted by molar-refractivity contribution is -0.145. The third-order valence-corrected chi connectivity index (χ3v) is 4.45. The highest BCUT2D eigenvalue weighted by atomic mass is 16.4. The summed E-state index contributed by atoms with van der Waals surface area (Å²) in [4.78, 5) is 65.1. The van der Waals surface area contributed by atoms with Crippen molar-refractivity contribution in [2.75, 3.05) is 32.7 Å². The number of guanidine groups is 1. The number of nitrogens with two attached hydrogens (primary N) is 4. The SMILES string of the molecule is CC(C)C[C@H](N)CN(CC(=O)CCCN(CC(N)=O)C(=O)CC(=O)O)C(=O)CCN=C(N)N. The average Bonchev–Trinajstić information content (AvgIpc) is 2.64. The molecule has 0 saturated heterocycles. The van der Waals surface area contributed by atoms with Crippen LogP contribution in [0.5, 0.6) is 0 Å². The van der Waals surface area contributed by atoms with Crippen molar-refractivity contribution in [2.24, 2.45) is 33.8 Å². The van der Waals surface area contributed by atoms with Gasteiger partial charge in [0.15, 0.2) is 11.7 Å². The molecule has 0 aliphatic rings. The maximum atomic E-state index is 12.6. The fourth-order valence-corrected chi connectivity index (χ4v) is 3.14. The van der Waals surface area contributed by atoms with E-state index in [1.807, 2.05) is 13.8 Å². The van der Waals surface area contributed by atoms with E-state index in [0.717, 1.165) is 4.90 Å². The highest BCUT2D eigenvalue weighted by molar-refractivity contribution is 5.95. The van der Waals surface area contributed by atoms with Crippen molar-refractivity contribution in [3.8, 4) is 0 Å². The van der Waals surface area contributed by atoms with Gasteiger partial charge in [-0.15, -0.1) is 0 Å². The highest BCUT2D eigenvalue weighted by Crippen LogP contribution is 2.08. The largest absolute Gasteiger partial charge is 0.481 e. The van der Waals surface area contributed by atoms with E-state index in [4.69, 9.17) is 28.0 Å². The van der Waals surface area contributed by atoms with E-state index in [-0.39, 0.29) is 69.1 Å². The number of aliphatic imine (C=N–C) groups is 1. The second-order valence-electron chi connectivity index (χ2n) is 8.21. The van der Waals surface area contributed by atoms with E-state index in [9.17, 15) is 24.0 Å². The van der Waals surface area contributed by atoms with Crippen LogP contribution in [0.2, 0.25) is 0 Å². The van der Waals surface area contributed by atoms with Crippen LogP contribution in [0.3, 0.4) is 0 Å². The van der Waals surface area contributed by atoms with E-state index in [1.165, 1.54) is 4.90 Å². The fraction of sp³-hybridized carbons (Fsp3) is 0.700. The molecule has 0 spiro atoms. The second kappa shape index (κ2) is 15.6. The molecule has 0 bridgehead atoms. The van der Waals surface area contributed by atoms with Crippen molar-refractivity contribution in [3.05, 3.63) is 0 Å². The molecular formula is C20H37N7O6. The molecule has 1 atom stereocenters. The molecule has 13 heteroatoms. The summed E-state index contributed by atoms with van der Waals surface area (Å²) >= 11 is 0. The molecule has 9 N–H and O–H groups in total. The lowest BCUT2D eigenvalue weighted by atomic mass is 10.0. The smallest absolute Gasteiger partial charge is 0.312 e. The monoisotopic (exact) mass is 471 g/mol. The highest BCUT2D eigenvalue weighted by Gasteiger charge is 2.22. The van der Waals surface area contributed by atoms with Crippen LogP contribution in [-0.4, -0.2) is 89.1 Å². The topological polar surface area (TPSA) is 228 Å². The van der Waals surface area contributed by atoms with Crippen molar-refractivity contribution in [1.29, 1.82) is 0 Å². The van der Waals surface area contributed by atoms with Gasteiger partial charge in [0.25, 0.3) is 0 Å². The molecule has 0 aromatic carbocycles. The lowest BCUT2D eigenvalue weighted by Crippen LogP contribution is -2.44. The maximum Gasteiger partial charge on any atom is 0.312 e. The maximum absolute atomic E-state index is 12.6. The molecule has 13 nitrogen and oxygen atoms in total. The Morgan fingerprint density at radius 1 is 0.939 bits per heavy atom. The van der Waals surface area contributed by atoms with Gasteiger partial charge in [-0.25, -0.2) is 0 Å². The van der Waals surface area contributed by atoms with Crippen LogP contribution in [0.25, 0.3) is 0 Å². The number of rotatable bonds is 17. The molecule has 3 amide bonds. The van der Waals surface area contributed by atoms with Gasteiger partial charge in [-0.3, -0.25) is 29.0 Å². The standard InChI is InChI=1S/C20H37N7O6/c1-13(2)8-14(21)10-27(17(30)5-6-25-20(23)24)11-15(28)4-3-7-26(12-16(22)29)18(31)9-19(32)33/h13-14H,3-12,21H2,1-2H3,(H2,22,29)(H,32,33)(H4,23,24,25)/t14-/m0/s1. The summed E-state index contributed by atoms with van der Waals surface area (Å²) in [6.45, 7) is 3.63. The van der Waals surface area contributed by atoms with Gasteiger partial charge >= 0.3 is 5.97 Å². The Hall–Kier alpha value is -3.22. The normalized spacial score (nSPS) is 11.5. The number of hydrogen-bond donors (Lipinski definition) is 5. The summed E-state index contributed by atoms with van der Waals surface area (Å²) in [5.74, 6) is -3.32. The van der Waals surface area contributed by atoms with E-state index in [0.29, 0.717) is 12.3 Å². The van der Waals surface area contributed by atoms with Crippen LogP contribution in [0.1, 0.15) is 46.0 Å². The van der Waals surface area contributed by atoms with E-state index < -0.39 is 30.7 Å². The fourth-order valence-electron chi connectivity index (χ4n) is 3.14. The molecule has 0 aromatic rings. The minimum atomic E-state index is -1.34. The minimum Gasteiger partial charge on any atom is -0.481 e. The molecule has 0 heterocycles. The van der Waals surface area contributed by atoms with Gasteiger partial charge in [-0.05, 0) is 18.8 Å². The van der Waals surface area contributed by atoms with Gasteiger partial charge in [0.05, 0.1) is 19.6 Å². The molecule has 0 aromatic heterocycles. The predicted molar refractivity (Wildman–Crippen MR) is 122 cm³/mol. The van der Waals surface area contributed by atoms with Crippen LogP contribution in [-0.2, 0) is 24.0 Å². The van der Waals surface area contributed by atoms with E-state index in [2.05, 4.69) is 4.99 Å². The molecule has 0 saturated carbocycles. The molecule has 0 rings (SSSR count). The zero-order valence-electron chi connectivity index (χ0n) is 19.4. The minimum absolute atomic E-state index is 0.00666. The zero-order chi connectivity index (χ0) is 25.6. The number of carbonyl (C=O) groups is 5. The van der Waals surface area contributed by atoms with Gasteiger partial charge in [0.2, 0.25) is 17.7 Å². The number of hydrogen-bond acceptors (Lipinski definition) is 7. The number of amides is 3. The number of primary amides is 1. The van der Waals surface area contributed by atoms with Gasteiger partial charge in [-0.2, -0.15) is 0 Å². The Labute approximate surface area is 193 Å². The van der Waals surface area contributed by atoms with Gasteiger partial charge in [0, 0.05) is 32.0 Å². The van der Waals surface area contributed by atoms with Gasteiger partial charge in [-0.1, -0.05) is 13.8 Å². The van der Waals surface area contributed by atoms with Gasteiger partial charge < -0.3 is 37.8 Å². The Balaban J connectivity index is 4.97. The average molecular weight is 472 g/mol. The first-order valence-electron chi connectivity index (χ1n) is 10.7. The first kappa shape index (κ1) is 29.8. The van der Waals surface area contributed by atoms with Crippen molar-refractivity contribution < 1.29 is 29.1 Å². The summed E-state index contributed by atoms with van der Waals surface area (Å²) in [5, 5.41) is 8.76. The number of Topliss-reactive ketones (excluding diaryl/α,β-unsaturated/α-hetero) is 1. The number of ketones is 1. The second-order valence-corrected chi connectivity index (χ2v) is 8.21. The summed E-state index contributed by atoms with van der Waals surface area (Å²) in [6, 6.07) is -0.315. The van der Waals surface area contributed by atoms with Crippen molar-refractivity contribution >= 4 is 35.4 Å². The molecule has 0 aliphatic heterocycles. The van der Waals surface area contributed by atoms with E-state index in [1.54, 1.807) is 0 Å². The van der Waals surface area contributed by atoms with Crippen LogP contribution in [0.4, 0.5) is 0 Å². The molecule has 0 unspecified atom stereocenters. The molecule has 0 fully saturated rings. The third-order valence-electron chi connectivity index (χ3n) is 4.45. The van der Waals surface area contributed by atoms with Crippen LogP contribution < -0.4 is 22.9 Å². The van der Waals surface area contributed by atoms with Crippen molar-refractivity contribution in [2.45, 2.75) is 52.0 Å². The van der Waals surface area contributed by atoms with Crippen molar-refractivity contribution in [3.63, 3.8) is 0 Å². The summed E-state index contributed by atoms with van der Waals surface area (Å²) < 4.78 is 0. The van der Waals surface area contributed by atoms with Crippen molar-refractivity contribution in [1.82, 2.24) is 9.80 Å². The molecular weight excluding hydrogens is 434 g/mol. The molecule has 33 heavy (non-hydrogen) atoms. The van der Waals surface area contributed by atoms with Gasteiger partial charge in [0.1, 0.15) is 6.42 Å². The molecule has 0 radical (unpaired) electrons. The quantitative estimate of drug-likeness (QED) is 0.0894. The third kappa shape index (κ3) is 15.3. The number of carboxylic acids is 1. The number of nitrogens with zero attached hydrogens (tertiary/aromatic N) is 3. The van der Waals surface area contributed by atoms with Crippen LogP contribution in [0.15, 0.2) is 4.99 Å². The Kier molecular flexibility index (Phi) is 14.0. The summed E-state index contributed by atoms with van der Waals surface area (Å²) in [7, 11) is 0. The summed E-state index contributed by atoms with van der Waals surface area (Å²) in [5.41, 5.74) is 21.8. The molecule has 188 valence electrons. The Morgan fingerprint density at radius 3 is 2.09 bits per heavy atom. The zero-order valence-corrected chi connectivity index (χ0v) is 19.4. The first-order chi connectivity index (χ1) is 15.3. The lowest BCUT2D eigenvalue weighted by Gasteiger charge is -2.26. The summed E-state index contributed by atoms with van der Waals surface area (Å²) in [6.07, 6.45) is 0.0700. The number of carbonyl (C=O) groups excluding carboxylic acids is 4. The predicted octanol–water partition coefficient (Wildman–Crippen LogP) is -2.01.